The molecule has 0 aliphatic heterocycles. The van der Waals surface area contributed by atoms with Crippen molar-refractivity contribution in [1.82, 2.24) is 4.90 Å². The SMILES string of the molecule is Cc1coc(C)c1S(=O)(=O)Nc1ccc2c(c1O)C(=O)C1C(=O)[C@@]3(O)C(=O)C(C(N)=O)C(=O)[C@H](N(C)C)[C@H]3C[C@H]1C2. The maximum absolute atomic E-state index is 13.9. The minimum absolute atomic E-state index is 0.0619. The summed E-state index contributed by atoms with van der Waals surface area (Å²) in [6.45, 7) is 2.98. The number of anilines is 1. The number of hydrogen-bond acceptors (Lipinski definition) is 11. The molecule has 0 bridgehead atoms. The molecule has 6 atom stereocenters. The van der Waals surface area contributed by atoms with Gasteiger partial charge in [-0.2, -0.15) is 0 Å². The number of phenols is 1. The molecule has 5 rings (SSSR count). The molecule has 2 unspecified atom stereocenters. The third-order valence-electron chi connectivity index (χ3n) is 8.54. The largest absolute Gasteiger partial charge is 0.505 e. The highest BCUT2D eigenvalue weighted by atomic mass is 32.2. The Bertz CT molecular complexity index is 1640. The molecule has 0 saturated heterocycles. The number of furan rings is 1. The summed E-state index contributed by atoms with van der Waals surface area (Å²) in [5.74, 6) is -11.8. The molecular formula is C27H29N3O10S. The number of Topliss-reactive ketones (excluding diaryl/α,β-unsaturated/α-hetero) is 4. The fraction of sp³-hybridized carbons (Fsp3) is 0.444. The van der Waals surface area contributed by atoms with Crippen LogP contribution in [0.1, 0.15) is 33.7 Å². The number of carbonyl (C=O) groups excluding carboxylic acids is 5. The summed E-state index contributed by atoms with van der Waals surface area (Å²) in [5, 5.41) is 22.7. The predicted molar refractivity (Wildman–Crippen MR) is 140 cm³/mol. The van der Waals surface area contributed by atoms with Gasteiger partial charge in [-0.1, -0.05) is 6.07 Å². The van der Waals surface area contributed by atoms with Crippen molar-refractivity contribution in [2.24, 2.45) is 29.4 Å². The number of ketones is 4. The Kier molecular flexibility index (Phi) is 6.51. The van der Waals surface area contributed by atoms with Gasteiger partial charge in [0.15, 0.2) is 40.4 Å². The van der Waals surface area contributed by atoms with Crippen molar-refractivity contribution in [3.63, 3.8) is 0 Å². The number of benzene rings is 1. The molecule has 3 aliphatic carbocycles. The third kappa shape index (κ3) is 3.95. The van der Waals surface area contributed by atoms with Gasteiger partial charge in [-0.25, -0.2) is 8.42 Å². The lowest BCUT2D eigenvalue weighted by Gasteiger charge is -2.52. The van der Waals surface area contributed by atoms with E-state index < -0.39 is 80.1 Å². The summed E-state index contributed by atoms with van der Waals surface area (Å²) < 4.78 is 33.5. The fourth-order valence-electron chi connectivity index (χ4n) is 6.82. The molecule has 218 valence electrons. The van der Waals surface area contributed by atoms with Crippen LogP contribution in [0.3, 0.4) is 0 Å². The number of aliphatic hydroxyl groups is 1. The van der Waals surface area contributed by atoms with Gasteiger partial charge in [0.25, 0.3) is 10.0 Å². The van der Waals surface area contributed by atoms with E-state index in [0.717, 1.165) is 0 Å². The Morgan fingerprint density at radius 1 is 1.15 bits per heavy atom. The maximum Gasteiger partial charge on any atom is 0.265 e. The number of aryl methyl sites for hydroxylation is 2. The molecule has 0 radical (unpaired) electrons. The molecular weight excluding hydrogens is 558 g/mol. The molecule has 1 heterocycles. The molecule has 1 aromatic heterocycles. The first-order valence-electron chi connectivity index (χ1n) is 12.8. The number of amides is 1. The molecule has 5 N–H and O–H groups in total. The first-order chi connectivity index (χ1) is 19.0. The molecule has 2 saturated carbocycles. The number of likely N-dealkylation sites (N-methyl/N-ethyl adjacent to an activating group) is 1. The first kappa shape index (κ1) is 28.6. The molecule has 2 aromatic rings. The molecule has 3 aliphatic rings. The summed E-state index contributed by atoms with van der Waals surface area (Å²) in [6, 6.07) is 1.54. The smallest absolute Gasteiger partial charge is 0.265 e. The topological polar surface area (TPSA) is 214 Å². The number of phenolic OH excluding ortho intramolecular Hbond substituents is 1. The minimum Gasteiger partial charge on any atom is -0.505 e. The summed E-state index contributed by atoms with van der Waals surface area (Å²) in [6.07, 6.45) is 1.24. The van der Waals surface area contributed by atoms with Gasteiger partial charge in [-0.3, -0.25) is 33.6 Å². The number of nitrogens with one attached hydrogen (secondary N) is 1. The normalized spacial score (nSPS) is 29.7. The number of primary amides is 1. The highest BCUT2D eigenvalue weighted by molar-refractivity contribution is 7.92. The Hall–Kier alpha value is -3.88. The lowest BCUT2D eigenvalue weighted by atomic mass is 9.52. The number of fused-ring (bicyclic) bond motifs is 3. The fourth-order valence-corrected chi connectivity index (χ4v) is 8.28. The molecule has 41 heavy (non-hydrogen) atoms. The second-order valence-corrected chi connectivity index (χ2v) is 12.8. The Morgan fingerprint density at radius 2 is 1.80 bits per heavy atom. The van der Waals surface area contributed by atoms with Gasteiger partial charge in [-0.15, -0.1) is 0 Å². The lowest BCUT2D eigenvalue weighted by molar-refractivity contribution is -0.181. The van der Waals surface area contributed by atoms with E-state index >= 15 is 0 Å². The van der Waals surface area contributed by atoms with Gasteiger partial charge in [0.05, 0.1) is 29.5 Å². The van der Waals surface area contributed by atoms with Crippen LogP contribution in [0.5, 0.6) is 5.75 Å². The quantitative estimate of drug-likeness (QED) is 0.267. The van der Waals surface area contributed by atoms with E-state index in [1.807, 2.05) is 0 Å². The van der Waals surface area contributed by atoms with E-state index in [-0.39, 0.29) is 34.7 Å². The van der Waals surface area contributed by atoms with Crippen LogP contribution in [0.15, 0.2) is 27.7 Å². The van der Waals surface area contributed by atoms with Crippen molar-refractivity contribution < 1.29 is 47.0 Å². The molecule has 2 fully saturated rings. The summed E-state index contributed by atoms with van der Waals surface area (Å²) in [7, 11) is -1.24. The average Bonchev–Trinajstić information content (AvgIpc) is 3.21. The number of carbonyl (C=O) groups is 5. The van der Waals surface area contributed by atoms with Gasteiger partial charge < -0.3 is 20.4 Å². The Balaban J connectivity index is 1.57. The predicted octanol–water partition coefficient (Wildman–Crippen LogP) is -0.122. The van der Waals surface area contributed by atoms with Crippen molar-refractivity contribution in [2.75, 3.05) is 18.8 Å². The highest BCUT2D eigenvalue weighted by Gasteiger charge is 2.69. The van der Waals surface area contributed by atoms with Gasteiger partial charge in [0.1, 0.15) is 10.7 Å². The monoisotopic (exact) mass is 587 g/mol. The van der Waals surface area contributed by atoms with Crippen LogP contribution in [-0.2, 0) is 35.6 Å². The maximum atomic E-state index is 13.9. The van der Waals surface area contributed by atoms with Crippen LogP contribution < -0.4 is 10.5 Å². The van der Waals surface area contributed by atoms with Crippen molar-refractivity contribution in [3.05, 3.63) is 40.8 Å². The van der Waals surface area contributed by atoms with Gasteiger partial charge in [0.2, 0.25) is 5.91 Å². The minimum atomic E-state index is -4.25. The summed E-state index contributed by atoms with van der Waals surface area (Å²) >= 11 is 0. The second kappa shape index (κ2) is 9.33. The number of rotatable bonds is 5. The van der Waals surface area contributed by atoms with E-state index in [1.165, 1.54) is 51.2 Å². The Morgan fingerprint density at radius 3 is 2.37 bits per heavy atom. The molecule has 13 nitrogen and oxygen atoms in total. The zero-order chi connectivity index (χ0) is 30.3. The van der Waals surface area contributed by atoms with Crippen LogP contribution in [0.2, 0.25) is 0 Å². The lowest BCUT2D eigenvalue weighted by Crippen LogP contribution is -2.74. The number of sulfonamides is 1. The standard InChI is InChI=1S/C27H29N3O10S/c1-10-9-40-11(2)23(10)41(38,39)29-15-6-5-12-7-13-8-14-19(30(3)4)22(33)18(26(28)36)25(35)27(14,37)24(34)17(13)21(32)16(12)20(15)31/h5-6,9,13-14,17-19,29,31,37H,7-8H2,1-4H3,(H2,28,36)/t13-,14-,17?,18?,19-,27-/m1/s1. The van der Waals surface area contributed by atoms with E-state index in [0.29, 0.717) is 11.1 Å². The number of nitrogens with zero attached hydrogens (tertiary/aromatic N) is 1. The Labute approximate surface area is 234 Å². The van der Waals surface area contributed by atoms with Crippen LogP contribution >= 0.6 is 0 Å². The molecule has 0 spiro atoms. The van der Waals surface area contributed by atoms with E-state index in [4.69, 9.17) is 10.2 Å². The second-order valence-electron chi connectivity index (χ2n) is 11.2. The zero-order valence-electron chi connectivity index (χ0n) is 22.6. The molecule has 14 heteroatoms. The molecule has 1 aromatic carbocycles. The highest BCUT2D eigenvalue weighted by Crippen LogP contribution is 2.51. The van der Waals surface area contributed by atoms with Crippen molar-refractivity contribution in [3.8, 4) is 5.75 Å². The summed E-state index contributed by atoms with van der Waals surface area (Å²) in [5.41, 5.74) is 2.48. The molecule has 1 amide bonds. The van der Waals surface area contributed by atoms with Crippen molar-refractivity contribution in [2.45, 2.75) is 43.2 Å². The van der Waals surface area contributed by atoms with Crippen LogP contribution in [0.4, 0.5) is 5.69 Å². The first-order valence-corrected chi connectivity index (χ1v) is 14.3. The third-order valence-corrected chi connectivity index (χ3v) is 10.2. The van der Waals surface area contributed by atoms with Gasteiger partial charge in [-0.05, 0) is 58.3 Å². The number of nitrogens with two attached hydrogens (primary N) is 1. The summed E-state index contributed by atoms with van der Waals surface area (Å²) in [4.78, 5) is 67.5. The van der Waals surface area contributed by atoms with Crippen LogP contribution in [0.25, 0.3) is 0 Å². The number of aromatic hydroxyl groups is 1. The van der Waals surface area contributed by atoms with Crippen molar-refractivity contribution >= 4 is 44.8 Å². The van der Waals surface area contributed by atoms with Gasteiger partial charge in [0, 0.05) is 11.5 Å². The average molecular weight is 588 g/mol. The van der Waals surface area contributed by atoms with E-state index in [1.54, 1.807) is 0 Å². The van der Waals surface area contributed by atoms with Crippen molar-refractivity contribution in [1.29, 1.82) is 0 Å². The zero-order valence-corrected chi connectivity index (χ0v) is 23.4. The van der Waals surface area contributed by atoms with Crippen LogP contribution in [-0.4, -0.2) is 78.3 Å². The van der Waals surface area contributed by atoms with E-state index in [9.17, 15) is 42.6 Å². The van der Waals surface area contributed by atoms with E-state index in [2.05, 4.69) is 4.72 Å². The number of hydrogen-bond donors (Lipinski definition) is 4. The van der Waals surface area contributed by atoms with Gasteiger partial charge >= 0.3 is 0 Å². The van der Waals surface area contributed by atoms with Crippen LogP contribution in [0, 0.1) is 37.5 Å².